The second-order valence-electron chi connectivity index (χ2n) is 4.58. The molecule has 1 rings (SSSR count). The number of benzene rings is 1. The van der Waals surface area contributed by atoms with Gasteiger partial charge in [0.05, 0.1) is 16.9 Å². The Morgan fingerprint density at radius 3 is 2.26 bits per heavy atom. The van der Waals surface area contributed by atoms with Crippen molar-refractivity contribution < 1.29 is 22.7 Å². The second-order valence-corrected chi connectivity index (χ2v) is 6.29. The van der Waals surface area contributed by atoms with Crippen molar-refractivity contribution >= 4 is 16.0 Å². The fourth-order valence-corrected chi connectivity index (χ4v) is 2.73. The molecule has 0 aliphatic rings. The van der Waals surface area contributed by atoms with Crippen LogP contribution in [0.25, 0.3) is 0 Å². The number of carbonyl (C=O) groups is 1. The number of aliphatic carboxylic acids is 1. The predicted octanol–water partition coefficient (Wildman–Crippen LogP) is 0.269. The zero-order valence-electron chi connectivity index (χ0n) is 10.6. The Balaban J connectivity index is 2.94. The van der Waals surface area contributed by atoms with Crippen LogP contribution in [0.2, 0.25) is 0 Å². The molecule has 0 unspecified atom stereocenters. The van der Waals surface area contributed by atoms with Gasteiger partial charge in [-0.3, -0.25) is 0 Å². The predicted molar refractivity (Wildman–Crippen MR) is 65.0 cm³/mol. The molecule has 0 amide bonds. The molecular weight excluding hydrogens is 273 g/mol. The average Bonchev–Trinajstić information content (AvgIpc) is 2.27. The molecule has 0 radical (unpaired) electrons. The van der Waals surface area contributed by atoms with Crippen molar-refractivity contribution in [3.8, 4) is 0 Å². The molecule has 0 aromatic heterocycles. The first kappa shape index (κ1) is 15.6. The molecule has 0 aliphatic heterocycles. The minimum atomic E-state index is -4.00. The Bertz CT molecular complexity index is 539. The van der Waals surface area contributed by atoms with Gasteiger partial charge in [0.2, 0.25) is 10.0 Å². The van der Waals surface area contributed by atoms with Crippen molar-refractivity contribution in [1.29, 1.82) is 0 Å². The number of halogens is 1. The van der Waals surface area contributed by atoms with E-state index in [0.717, 1.165) is 24.3 Å². The van der Waals surface area contributed by atoms with Gasteiger partial charge in [-0.05, 0) is 36.6 Å². The SMILES string of the molecule is CC(C)C[C@@H](NS(=O)(=O)c1ccc(F)cc1)C(=O)[O-]. The third kappa shape index (κ3) is 4.60. The number of nitrogens with one attached hydrogen (secondary N) is 1. The Labute approximate surface area is 111 Å². The Morgan fingerprint density at radius 2 is 1.84 bits per heavy atom. The summed E-state index contributed by atoms with van der Waals surface area (Å²) in [6, 6.07) is 2.81. The first-order valence-corrected chi connectivity index (χ1v) is 7.19. The fourth-order valence-electron chi connectivity index (χ4n) is 1.53. The number of carboxylic acid groups (broad SMARTS) is 1. The van der Waals surface area contributed by atoms with Crippen LogP contribution in [0.1, 0.15) is 20.3 Å². The lowest BCUT2D eigenvalue weighted by Gasteiger charge is -2.21. The topological polar surface area (TPSA) is 86.3 Å². The highest BCUT2D eigenvalue weighted by molar-refractivity contribution is 7.89. The minimum Gasteiger partial charge on any atom is -0.548 e. The smallest absolute Gasteiger partial charge is 0.241 e. The highest BCUT2D eigenvalue weighted by Gasteiger charge is 2.21. The number of sulfonamides is 1. The number of hydrogen-bond acceptors (Lipinski definition) is 4. The minimum absolute atomic E-state index is 0.0150. The summed E-state index contributed by atoms with van der Waals surface area (Å²) in [5, 5.41) is 10.9. The third-order valence-corrected chi connectivity index (χ3v) is 3.90. The van der Waals surface area contributed by atoms with E-state index in [2.05, 4.69) is 0 Å². The van der Waals surface area contributed by atoms with Crippen LogP contribution in [0.15, 0.2) is 29.2 Å². The highest BCUT2D eigenvalue weighted by Crippen LogP contribution is 2.12. The molecule has 0 spiro atoms. The zero-order chi connectivity index (χ0) is 14.6. The van der Waals surface area contributed by atoms with Crippen LogP contribution in [0.4, 0.5) is 4.39 Å². The number of carbonyl (C=O) groups excluding carboxylic acids is 1. The average molecular weight is 288 g/mol. The van der Waals surface area contributed by atoms with Crippen molar-refractivity contribution in [3.05, 3.63) is 30.1 Å². The van der Waals surface area contributed by atoms with E-state index in [-0.39, 0.29) is 17.2 Å². The fraction of sp³-hybridized carbons (Fsp3) is 0.417. The number of carboxylic acids is 1. The van der Waals surface area contributed by atoms with Crippen LogP contribution in [-0.4, -0.2) is 20.4 Å². The molecule has 0 fully saturated rings. The second kappa shape index (κ2) is 6.12. The Morgan fingerprint density at radius 1 is 1.32 bits per heavy atom. The summed E-state index contributed by atoms with van der Waals surface area (Å²) in [4.78, 5) is 10.7. The normalized spacial score (nSPS) is 13.5. The summed E-state index contributed by atoms with van der Waals surface area (Å²) < 4.78 is 38.6. The van der Waals surface area contributed by atoms with Crippen LogP contribution in [0, 0.1) is 11.7 Å². The highest BCUT2D eigenvalue weighted by atomic mass is 32.2. The molecule has 1 N–H and O–H groups in total. The molecule has 106 valence electrons. The molecular formula is C12H15FNO4S-. The molecule has 1 aromatic carbocycles. The van der Waals surface area contributed by atoms with Crippen LogP contribution in [0.5, 0.6) is 0 Å². The maximum atomic E-state index is 12.7. The van der Waals surface area contributed by atoms with E-state index in [0.29, 0.717) is 0 Å². The van der Waals surface area contributed by atoms with E-state index < -0.39 is 27.9 Å². The van der Waals surface area contributed by atoms with Crippen molar-refractivity contribution in [2.45, 2.75) is 31.2 Å². The molecule has 0 heterocycles. The van der Waals surface area contributed by atoms with Crippen molar-refractivity contribution in [3.63, 3.8) is 0 Å². The monoisotopic (exact) mass is 288 g/mol. The van der Waals surface area contributed by atoms with Crippen molar-refractivity contribution in [1.82, 2.24) is 4.72 Å². The molecule has 1 aromatic rings. The van der Waals surface area contributed by atoms with E-state index in [9.17, 15) is 22.7 Å². The van der Waals surface area contributed by atoms with E-state index >= 15 is 0 Å². The first-order valence-electron chi connectivity index (χ1n) is 5.71. The lowest BCUT2D eigenvalue weighted by atomic mass is 10.1. The Kier molecular flexibility index (Phi) is 5.02. The van der Waals surface area contributed by atoms with Gasteiger partial charge < -0.3 is 9.90 Å². The summed E-state index contributed by atoms with van der Waals surface area (Å²) in [5.74, 6) is -2.07. The van der Waals surface area contributed by atoms with Gasteiger partial charge in [-0.15, -0.1) is 0 Å². The lowest BCUT2D eigenvalue weighted by Crippen LogP contribution is -2.48. The molecule has 0 aliphatic carbocycles. The summed E-state index contributed by atoms with van der Waals surface area (Å²) in [7, 11) is -4.00. The summed E-state index contributed by atoms with van der Waals surface area (Å²) >= 11 is 0. The Hall–Kier alpha value is -1.47. The summed E-state index contributed by atoms with van der Waals surface area (Å²) in [6.07, 6.45) is 0.114. The van der Waals surface area contributed by atoms with E-state index in [1.807, 2.05) is 4.72 Å². The van der Waals surface area contributed by atoms with Crippen molar-refractivity contribution in [2.75, 3.05) is 0 Å². The maximum absolute atomic E-state index is 12.7. The van der Waals surface area contributed by atoms with Gasteiger partial charge in [0.25, 0.3) is 0 Å². The number of hydrogen-bond donors (Lipinski definition) is 1. The molecule has 0 saturated heterocycles. The van der Waals surface area contributed by atoms with E-state index in [1.54, 1.807) is 13.8 Å². The standard InChI is InChI=1S/C12H16FNO4S/c1-8(2)7-11(12(15)16)14-19(17,18)10-5-3-9(13)4-6-10/h3-6,8,11,14H,7H2,1-2H3,(H,15,16)/p-1/t11-/m1/s1. The molecule has 7 heteroatoms. The first-order chi connectivity index (χ1) is 8.72. The third-order valence-electron chi connectivity index (χ3n) is 2.41. The number of rotatable bonds is 6. The van der Waals surface area contributed by atoms with E-state index in [1.165, 1.54) is 0 Å². The van der Waals surface area contributed by atoms with Gasteiger partial charge in [-0.2, -0.15) is 0 Å². The van der Waals surface area contributed by atoms with Gasteiger partial charge in [-0.25, -0.2) is 17.5 Å². The van der Waals surface area contributed by atoms with Crippen molar-refractivity contribution in [2.24, 2.45) is 5.92 Å². The summed E-state index contributed by atoms with van der Waals surface area (Å²) in [6.45, 7) is 3.53. The summed E-state index contributed by atoms with van der Waals surface area (Å²) in [5.41, 5.74) is 0. The van der Waals surface area contributed by atoms with Gasteiger partial charge in [-0.1, -0.05) is 13.8 Å². The van der Waals surface area contributed by atoms with Crippen LogP contribution in [0.3, 0.4) is 0 Å². The molecule has 1 atom stereocenters. The molecule has 0 bridgehead atoms. The zero-order valence-corrected chi connectivity index (χ0v) is 11.4. The lowest BCUT2D eigenvalue weighted by molar-refractivity contribution is -0.308. The molecule has 19 heavy (non-hydrogen) atoms. The van der Waals surface area contributed by atoms with E-state index in [4.69, 9.17) is 0 Å². The van der Waals surface area contributed by atoms with Gasteiger partial charge in [0.15, 0.2) is 0 Å². The van der Waals surface area contributed by atoms with Crippen LogP contribution in [-0.2, 0) is 14.8 Å². The van der Waals surface area contributed by atoms with Crippen LogP contribution >= 0.6 is 0 Å². The molecule has 5 nitrogen and oxygen atoms in total. The van der Waals surface area contributed by atoms with Crippen LogP contribution < -0.4 is 9.83 Å². The molecule has 0 saturated carbocycles. The van der Waals surface area contributed by atoms with Gasteiger partial charge >= 0.3 is 0 Å². The van der Waals surface area contributed by atoms with Gasteiger partial charge in [0, 0.05) is 0 Å². The maximum Gasteiger partial charge on any atom is 0.241 e. The largest absolute Gasteiger partial charge is 0.548 e. The quantitative estimate of drug-likeness (QED) is 0.814. The van der Waals surface area contributed by atoms with Gasteiger partial charge in [0.1, 0.15) is 5.82 Å².